The number of sulfonamides is 1. The van der Waals surface area contributed by atoms with Crippen molar-refractivity contribution < 1.29 is 8.42 Å². The zero-order valence-electron chi connectivity index (χ0n) is 9.68. The summed E-state index contributed by atoms with van der Waals surface area (Å²) in [6, 6.07) is 8.49. The zero-order valence-corrected chi connectivity index (χ0v) is 13.6. The standard InChI is InChI=1S/C11H9Cl2NO2S3/c1-17-8-5-3-2-4-7(8)14-19(15,16)9-6-10(12)18-11(9)13/h2-6,14H,1H3. The molecule has 0 spiro atoms. The molecule has 0 aliphatic heterocycles. The Kier molecular flexibility index (Phi) is 4.68. The summed E-state index contributed by atoms with van der Waals surface area (Å²) in [5.74, 6) is 0. The lowest BCUT2D eigenvalue weighted by atomic mass is 10.3. The fourth-order valence-corrected chi connectivity index (χ4v) is 5.29. The smallest absolute Gasteiger partial charge is 0.264 e. The highest BCUT2D eigenvalue weighted by molar-refractivity contribution is 7.99. The van der Waals surface area contributed by atoms with Crippen molar-refractivity contribution in [3.63, 3.8) is 0 Å². The second kappa shape index (κ2) is 5.93. The molecule has 102 valence electrons. The number of hydrogen-bond acceptors (Lipinski definition) is 4. The van der Waals surface area contributed by atoms with Crippen molar-refractivity contribution in [2.45, 2.75) is 9.79 Å². The van der Waals surface area contributed by atoms with Gasteiger partial charge >= 0.3 is 0 Å². The van der Waals surface area contributed by atoms with Gasteiger partial charge in [0.1, 0.15) is 9.23 Å². The third-order valence-corrected chi connectivity index (χ3v) is 6.18. The molecule has 1 N–H and O–H groups in total. The highest BCUT2D eigenvalue weighted by Crippen LogP contribution is 2.36. The third kappa shape index (κ3) is 3.38. The largest absolute Gasteiger partial charge is 0.278 e. The van der Waals surface area contributed by atoms with Gasteiger partial charge in [-0.2, -0.15) is 0 Å². The Bertz CT molecular complexity index is 698. The van der Waals surface area contributed by atoms with Crippen LogP contribution >= 0.6 is 46.3 Å². The first-order valence-corrected chi connectivity index (χ1v) is 9.33. The third-order valence-electron chi connectivity index (χ3n) is 2.27. The lowest BCUT2D eigenvalue weighted by molar-refractivity contribution is 0.601. The first-order valence-electron chi connectivity index (χ1n) is 5.04. The number of rotatable bonds is 4. The van der Waals surface area contributed by atoms with Gasteiger partial charge < -0.3 is 0 Å². The lowest BCUT2D eigenvalue weighted by Gasteiger charge is -2.10. The average molecular weight is 354 g/mol. The van der Waals surface area contributed by atoms with Crippen LogP contribution < -0.4 is 4.72 Å². The van der Waals surface area contributed by atoms with Gasteiger partial charge in [0, 0.05) is 4.90 Å². The maximum absolute atomic E-state index is 12.2. The van der Waals surface area contributed by atoms with Crippen molar-refractivity contribution >= 4 is 62.0 Å². The van der Waals surface area contributed by atoms with Crippen LogP contribution in [0.3, 0.4) is 0 Å². The normalized spacial score (nSPS) is 11.5. The first-order chi connectivity index (χ1) is 8.94. The van der Waals surface area contributed by atoms with Gasteiger partial charge in [-0.3, -0.25) is 4.72 Å². The molecule has 0 unspecified atom stereocenters. The van der Waals surface area contributed by atoms with Crippen LogP contribution in [0.4, 0.5) is 5.69 Å². The van der Waals surface area contributed by atoms with E-state index in [2.05, 4.69) is 4.72 Å². The van der Waals surface area contributed by atoms with Crippen LogP contribution in [-0.4, -0.2) is 14.7 Å². The molecule has 2 rings (SSSR count). The van der Waals surface area contributed by atoms with Gasteiger partial charge in [0.25, 0.3) is 10.0 Å². The zero-order chi connectivity index (χ0) is 14.0. The van der Waals surface area contributed by atoms with E-state index < -0.39 is 10.0 Å². The molecule has 0 aliphatic carbocycles. The molecule has 1 aromatic heterocycles. The fraction of sp³-hybridized carbons (Fsp3) is 0.0909. The minimum absolute atomic E-state index is 0.0000674. The van der Waals surface area contributed by atoms with Gasteiger partial charge in [-0.1, -0.05) is 35.3 Å². The van der Waals surface area contributed by atoms with E-state index >= 15 is 0 Å². The highest BCUT2D eigenvalue weighted by atomic mass is 35.5. The molecule has 19 heavy (non-hydrogen) atoms. The molecule has 0 amide bonds. The Labute approximate surface area is 130 Å². The Balaban J connectivity index is 2.39. The average Bonchev–Trinajstić information content (AvgIpc) is 2.69. The summed E-state index contributed by atoms with van der Waals surface area (Å²) in [5.41, 5.74) is 0.522. The Morgan fingerprint density at radius 1 is 1.26 bits per heavy atom. The number of hydrogen-bond donors (Lipinski definition) is 1. The van der Waals surface area contributed by atoms with Crippen LogP contribution in [0, 0.1) is 0 Å². The van der Waals surface area contributed by atoms with E-state index in [1.807, 2.05) is 18.4 Å². The summed E-state index contributed by atoms with van der Waals surface area (Å²) in [5, 5.41) is 0. The first kappa shape index (κ1) is 15.0. The topological polar surface area (TPSA) is 46.2 Å². The van der Waals surface area contributed by atoms with Crippen molar-refractivity contribution in [2.75, 3.05) is 11.0 Å². The van der Waals surface area contributed by atoms with Gasteiger partial charge in [-0.05, 0) is 24.5 Å². The summed E-state index contributed by atoms with van der Waals surface area (Å²) < 4.78 is 27.5. The molecule has 8 heteroatoms. The summed E-state index contributed by atoms with van der Waals surface area (Å²) in [7, 11) is -3.73. The highest BCUT2D eigenvalue weighted by Gasteiger charge is 2.21. The van der Waals surface area contributed by atoms with Crippen LogP contribution in [-0.2, 0) is 10.0 Å². The summed E-state index contributed by atoms with van der Waals surface area (Å²) >= 11 is 14.1. The SMILES string of the molecule is CSc1ccccc1NS(=O)(=O)c1cc(Cl)sc1Cl. The van der Waals surface area contributed by atoms with Gasteiger partial charge in [0.05, 0.1) is 10.0 Å². The maximum Gasteiger partial charge on any atom is 0.264 e. The Morgan fingerprint density at radius 3 is 2.53 bits per heavy atom. The monoisotopic (exact) mass is 353 g/mol. The van der Waals surface area contributed by atoms with Crippen molar-refractivity contribution in [1.82, 2.24) is 0 Å². The maximum atomic E-state index is 12.2. The van der Waals surface area contributed by atoms with E-state index in [-0.39, 0.29) is 9.23 Å². The molecule has 0 aliphatic rings. The van der Waals surface area contributed by atoms with Gasteiger partial charge in [0.15, 0.2) is 0 Å². The van der Waals surface area contributed by atoms with E-state index in [0.717, 1.165) is 16.2 Å². The van der Waals surface area contributed by atoms with E-state index in [9.17, 15) is 8.42 Å². The number of anilines is 1. The number of nitrogens with one attached hydrogen (secondary N) is 1. The number of para-hydroxylation sites is 1. The van der Waals surface area contributed by atoms with E-state index in [1.54, 1.807) is 12.1 Å². The van der Waals surface area contributed by atoms with E-state index in [0.29, 0.717) is 10.0 Å². The van der Waals surface area contributed by atoms with Crippen molar-refractivity contribution in [2.24, 2.45) is 0 Å². The van der Waals surface area contributed by atoms with Crippen LogP contribution in [0.25, 0.3) is 0 Å². The van der Waals surface area contributed by atoms with Crippen molar-refractivity contribution in [1.29, 1.82) is 0 Å². The molecular weight excluding hydrogens is 345 g/mol. The quantitative estimate of drug-likeness (QED) is 0.818. The molecule has 0 saturated carbocycles. The van der Waals surface area contributed by atoms with Crippen LogP contribution in [0.1, 0.15) is 0 Å². The Morgan fingerprint density at radius 2 is 1.95 bits per heavy atom. The minimum Gasteiger partial charge on any atom is -0.278 e. The minimum atomic E-state index is -3.73. The molecule has 0 saturated heterocycles. The van der Waals surface area contributed by atoms with Crippen LogP contribution in [0.5, 0.6) is 0 Å². The molecule has 2 aromatic rings. The van der Waals surface area contributed by atoms with Gasteiger partial charge in [-0.15, -0.1) is 23.1 Å². The second-order valence-electron chi connectivity index (χ2n) is 3.49. The van der Waals surface area contributed by atoms with Crippen LogP contribution in [0.15, 0.2) is 40.1 Å². The van der Waals surface area contributed by atoms with Gasteiger partial charge in [0.2, 0.25) is 0 Å². The van der Waals surface area contributed by atoms with E-state index in [4.69, 9.17) is 23.2 Å². The molecule has 1 heterocycles. The predicted octanol–water partition coefficient (Wildman–Crippen LogP) is 4.58. The number of benzene rings is 1. The summed E-state index contributed by atoms with van der Waals surface area (Å²) in [4.78, 5) is 0.837. The van der Waals surface area contributed by atoms with Crippen LogP contribution in [0.2, 0.25) is 8.67 Å². The summed E-state index contributed by atoms with van der Waals surface area (Å²) in [6.07, 6.45) is 1.88. The molecule has 0 atom stereocenters. The summed E-state index contributed by atoms with van der Waals surface area (Å²) in [6.45, 7) is 0. The number of halogens is 2. The Hall–Kier alpha value is -0.400. The lowest BCUT2D eigenvalue weighted by Crippen LogP contribution is -2.13. The number of thiophene rings is 1. The van der Waals surface area contributed by atoms with Crippen molar-refractivity contribution in [3.05, 3.63) is 39.0 Å². The molecule has 0 bridgehead atoms. The molecular formula is C11H9Cl2NO2S3. The number of thioether (sulfide) groups is 1. The second-order valence-corrected chi connectivity index (χ2v) is 8.28. The predicted molar refractivity (Wildman–Crippen MR) is 83.4 cm³/mol. The molecule has 1 aromatic carbocycles. The fourth-order valence-electron chi connectivity index (χ4n) is 1.44. The molecule has 3 nitrogen and oxygen atoms in total. The van der Waals surface area contributed by atoms with E-state index in [1.165, 1.54) is 17.8 Å². The molecule has 0 radical (unpaired) electrons. The molecule has 0 fully saturated rings. The van der Waals surface area contributed by atoms with Crippen molar-refractivity contribution in [3.8, 4) is 0 Å². The van der Waals surface area contributed by atoms with Gasteiger partial charge in [-0.25, -0.2) is 8.42 Å².